The van der Waals surface area contributed by atoms with Gasteiger partial charge >= 0.3 is 0 Å². The summed E-state index contributed by atoms with van der Waals surface area (Å²) in [4.78, 5) is 0. The lowest BCUT2D eigenvalue weighted by Crippen LogP contribution is -2.34. The SMILES string of the molecule is CC(CCc1ccco1)NCC1CCCC1O. The standard InChI is InChI=1S/C14H23NO2/c1-11(7-8-13-5-3-9-17-13)15-10-12-4-2-6-14(12)16/h3,5,9,11-12,14-16H,2,4,6-8,10H2,1H3. The molecule has 3 heteroatoms. The van der Waals surface area contributed by atoms with E-state index >= 15 is 0 Å². The predicted molar refractivity (Wildman–Crippen MR) is 67.8 cm³/mol. The van der Waals surface area contributed by atoms with E-state index < -0.39 is 0 Å². The minimum absolute atomic E-state index is 0.0835. The summed E-state index contributed by atoms with van der Waals surface area (Å²) in [6.07, 6.45) is 7.02. The second kappa shape index (κ2) is 6.22. The Bertz CT molecular complexity index is 310. The van der Waals surface area contributed by atoms with Crippen LogP contribution in [0.5, 0.6) is 0 Å². The third-order valence-corrected chi connectivity index (χ3v) is 3.75. The molecule has 0 radical (unpaired) electrons. The minimum Gasteiger partial charge on any atom is -0.469 e. The van der Waals surface area contributed by atoms with Crippen molar-refractivity contribution in [3.8, 4) is 0 Å². The highest BCUT2D eigenvalue weighted by Crippen LogP contribution is 2.24. The minimum atomic E-state index is -0.0835. The first-order chi connectivity index (χ1) is 8.25. The van der Waals surface area contributed by atoms with E-state index in [-0.39, 0.29) is 6.10 Å². The predicted octanol–water partition coefficient (Wildman–Crippen LogP) is 2.35. The third-order valence-electron chi connectivity index (χ3n) is 3.75. The van der Waals surface area contributed by atoms with E-state index in [1.807, 2.05) is 12.1 Å². The summed E-state index contributed by atoms with van der Waals surface area (Å²) in [6, 6.07) is 4.43. The molecule has 1 aliphatic carbocycles. The van der Waals surface area contributed by atoms with Gasteiger partial charge in [0.05, 0.1) is 12.4 Å². The first-order valence-corrected chi connectivity index (χ1v) is 6.69. The highest BCUT2D eigenvalue weighted by atomic mass is 16.3. The van der Waals surface area contributed by atoms with E-state index in [0.717, 1.165) is 31.6 Å². The highest BCUT2D eigenvalue weighted by molar-refractivity contribution is 4.98. The Morgan fingerprint density at radius 1 is 1.53 bits per heavy atom. The second-order valence-electron chi connectivity index (χ2n) is 5.19. The number of rotatable bonds is 6. The van der Waals surface area contributed by atoms with Crippen LogP contribution in [0, 0.1) is 5.92 Å². The maximum absolute atomic E-state index is 9.73. The molecule has 0 bridgehead atoms. The van der Waals surface area contributed by atoms with Crippen LogP contribution in [-0.2, 0) is 6.42 Å². The van der Waals surface area contributed by atoms with E-state index in [1.165, 1.54) is 12.8 Å². The number of hydrogen-bond donors (Lipinski definition) is 2. The van der Waals surface area contributed by atoms with Gasteiger partial charge in [0.2, 0.25) is 0 Å². The summed E-state index contributed by atoms with van der Waals surface area (Å²) in [5.41, 5.74) is 0. The molecule has 17 heavy (non-hydrogen) atoms. The summed E-state index contributed by atoms with van der Waals surface area (Å²) in [7, 11) is 0. The van der Waals surface area contributed by atoms with Gasteiger partial charge in [-0.2, -0.15) is 0 Å². The van der Waals surface area contributed by atoms with Gasteiger partial charge in [0.1, 0.15) is 5.76 Å². The topological polar surface area (TPSA) is 45.4 Å². The van der Waals surface area contributed by atoms with Gasteiger partial charge < -0.3 is 14.8 Å². The normalized spacial score (nSPS) is 26.2. The first kappa shape index (κ1) is 12.7. The van der Waals surface area contributed by atoms with Crippen molar-refractivity contribution in [1.82, 2.24) is 5.32 Å². The molecule has 1 aromatic rings. The van der Waals surface area contributed by atoms with Crippen LogP contribution in [0.2, 0.25) is 0 Å². The van der Waals surface area contributed by atoms with Gasteiger partial charge in [-0.3, -0.25) is 0 Å². The molecule has 2 rings (SSSR count). The Kier molecular flexibility index (Phi) is 4.63. The molecule has 2 N–H and O–H groups in total. The molecule has 1 heterocycles. The Morgan fingerprint density at radius 3 is 3.06 bits per heavy atom. The molecule has 0 aliphatic heterocycles. The fourth-order valence-electron chi connectivity index (χ4n) is 2.52. The average Bonchev–Trinajstić information content (AvgIpc) is 2.95. The number of hydrogen-bond acceptors (Lipinski definition) is 3. The van der Waals surface area contributed by atoms with Gasteiger partial charge in [0, 0.05) is 19.0 Å². The smallest absolute Gasteiger partial charge is 0.103 e. The van der Waals surface area contributed by atoms with E-state index in [2.05, 4.69) is 12.2 Å². The summed E-state index contributed by atoms with van der Waals surface area (Å²) in [6.45, 7) is 3.14. The van der Waals surface area contributed by atoms with Crippen molar-refractivity contribution >= 4 is 0 Å². The van der Waals surface area contributed by atoms with Crippen molar-refractivity contribution in [3.05, 3.63) is 24.2 Å². The van der Waals surface area contributed by atoms with Crippen LogP contribution in [-0.4, -0.2) is 23.8 Å². The molecule has 3 unspecified atom stereocenters. The molecule has 0 spiro atoms. The number of aliphatic hydroxyl groups excluding tert-OH is 1. The maximum atomic E-state index is 9.73. The zero-order chi connectivity index (χ0) is 12.1. The maximum Gasteiger partial charge on any atom is 0.103 e. The second-order valence-corrected chi connectivity index (χ2v) is 5.19. The Labute approximate surface area is 103 Å². The fourth-order valence-corrected chi connectivity index (χ4v) is 2.52. The van der Waals surface area contributed by atoms with Crippen LogP contribution in [0.1, 0.15) is 38.4 Å². The van der Waals surface area contributed by atoms with Gasteiger partial charge in [-0.1, -0.05) is 6.42 Å². The molecule has 0 aromatic carbocycles. The highest BCUT2D eigenvalue weighted by Gasteiger charge is 2.24. The molecule has 96 valence electrons. The lowest BCUT2D eigenvalue weighted by atomic mass is 10.1. The van der Waals surface area contributed by atoms with Crippen molar-refractivity contribution in [2.24, 2.45) is 5.92 Å². The molecule has 3 nitrogen and oxygen atoms in total. The van der Waals surface area contributed by atoms with Gasteiger partial charge in [0.25, 0.3) is 0 Å². The molecule has 1 saturated carbocycles. The Balaban J connectivity index is 1.62. The number of aliphatic hydroxyl groups is 1. The summed E-state index contributed by atoms with van der Waals surface area (Å²) in [5.74, 6) is 1.51. The molecule has 1 aliphatic rings. The van der Waals surface area contributed by atoms with Crippen LogP contribution < -0.4 is 5.32 Å². The van der Waals surface area contributed by atoms with Gasteiger partial charge in [-0.25, -0.2) is 0 Å². The van der Waals surface area contributed by atoms with Gasteiger partial charge in [-0.15, -0.1) is 0 Å². The van der Waals surface area contributed by atoms with Crippen molar-refractivity contribution in [3.63, 3.8) is 0 Å². The van der Waals surface area contributed by atoms with Gasteiger partial charge in [-0.05, 0) is 44.2 Å². The number of nitrogens with one attached hydrogen (secondary N) is 1. The molecule has 1 fully saturated rings. The quantitative estimate of drug-likeness (QED) is 0.798. The zero-order valence-corrected chi connectivity index (χ0v) is 10.6. The first-order valence-electron chi connectivity index (χ1n) is 6.69. The van der Waals surface area contributed by atoms with Crippen LogP contribution in [0.15, 0.2) is 22.8 Å². The molecular formula is C14H23NO2. The van der Waals surface area contributed by atoms with Crippen LogP contribution >= 0.6 is 0 Å². The van der Waals surface area contributed by atoms with Crippen molar-refractivity contribution in [2.75, 3.05) is 6.54 Å². The van der Waals surface area contributed by atoms with Crippen molar-refractivity contribution in [1.29, 1.82) is 0 Å². The molecule has 0 saturated heterocycles. The van der Waals surface area contributed by atoms with E-state index in [9.17, 15) is 5.11 Å². The van der Waals surface area contributed by atoms with Crippen molar-refractivity contribution in [2.45, 2.75) is 51.2 Å². The van der Waals surface area contributed by atoms with E-state index in [1.54, 1.807) is 6.26 Å². The van der Waals surface area contributed by atoms with Gasteiger partial charge in [0.15, 0.2) is 0 Å². The molecule has 3 atom stereocenters. The van der Waals surface area contributed by atoms with Crippen LogP contribution in [0.4, 0.5) is 0 Å². The number of aryl methyl sites for hydroxylation is 1. The third kappa shape index (κ3) is 3.86. The van der Waals surface area contributed by atoms with E-state index in [4.69, 9.17) is 4.42 Å². The van der Waals surface area contributed by atoms with Crippen LogP contribution in [0.3, 0.4) is 0 Å². The largest absolute Gasteiger partial charge is 0.469 e. The number of furan rings is 1. The fraction of sp³-hybridized carbons (Fsp3) is 0.714. The summed E-state index contributed by atoms with van der Waals surface area (Å²) < 4.78 is 5.31. The summed E-state index contributed by atoms with van der Waals surface area (Å²) >= 11 is 0. The monoisotopic (exact) mass is 237 g/mol. The average molecular weight is 237 g/mol. The lowest BCUT2D eigenvalue weighted by Gasteiger charge is -2.19. The Hall–Kier alpha value is -0.800. The van der Waals surface area contributed by atoms with E-state index in [0.29, 0.717) is 12.0 Å². The molecule has 0 amide bonds. The molecule has 1 aromatic heterocycles. The van der Waals surface area contributed by atoms with Crippen LogP contribution in [0.25, 0.3) is 0 Å². The summed E-state index contributed by atoms with van der Waals surface area (Å²) in [5, 5.41) is 13.2. The molecular weight excluding hydrogens is 214 g/mol. The van der Waals surface area contributed by atoms with Crippen molar-refractivity contribution < 1.29 is 9.52 Å². The zero-order valence-electron chi connectivity index (χ0n) is 10.6. The Morgan fingerprint density at radius 2 is 2.41 bits per heavy atom. The lowest BCUT2D eigenvalue weighted by molar-refractivity contribution is 0.130.